The van der Waals surface area contributed by atoms with Crippen molar-refractivity contribution in [3.05, 3.63) is 65.5 Å². The first-order chi connectivity index (χ1) is 17.0. The van der Waals surface area contributed by atoms with E-state index in [4.69, 9.17) is 4.74 Å². The normalized spacial score (nSPS) is 22.5. The molecule has 2 saturated heterocycles. The molecule has 0 saturated carbocycles. The number of likely N-dealkylation sites (tertiary alicyclic amines) is 1. The van der Waals surface area contributed by atoms with E-state index in [2.05, 4.69) is 38.6 Å². The van der Waals surface area contributed by atoms with Gasteiger partial charge in [-0.2, -0.15) is 10.2 Å². The highest BCUT2D eigenvalue weighted by molar-refractivity contribution is 6.05. The number of piperidine rings is 1. The second-order valence-corrected chi connectivity index (χ2v) is 9.43. The lowest BCUT2D eigenvalue weighted by Crippen LogP contribution is -2.52. The fourth-order valence-corrected chi connectivity index (χ4v) is 5.25. The molecule has 4 heterocycles. The molecule has 1 N–H and O–H groups in total. The highest BCUT2D eigenvalue weighted by Crippen LogP contribution is 2.31. The molecule has 6 rings (SSSR count). The fourth-order valence-electron chi connectivity index (χ4n) is 5.25. The van der Waals surface area contributed by atoms with Crippen LogP contribution in [-0.4, -0.2) is 63.0 Å². The molecule has 35 heavy (non-hydrogen) atoms. The van der Waals surface area contributed by atoms with Crippen LogP contribution in [0, 0.1) is 0 Å². The number of carbonyl (C=O) groups excluding carboxylic acids is 3. The Labute approximate surface area is 202 Å². The topological polar surface area (TPSA) is 105 Å². The molecule has 2 atom stereocenters. The summed E-state index contributed by atoms with van der Waals surface area (Å²) >= 11 is 0. The zero-order valence-corrected chi connectivity index (χ0v) is 19.1. The summed E-state index contributed by atoms with van der Waals surface area (Å²) in [7, 11) is 0. The Morgan fingerprint density at radius 2 is 1.86 bits per heavy atom. The van der Waals surface area contributed by atoms with E-state index in [-0.39, 0.29) is 24.3 Å². The minimum absolute atomic E-state index is 0.0720. The van der Waals surface area contributed by atoms with Crippen LogP contribution in [0.25, 0.3) is 10.8 Å². The Kier molecular flexibility index (Phi) is 5.41. The van der Waals surface area contributed by atoms with E-state index in [1.54, 1.807) is 23.4 Å². The number of rotatable bonds is 5. The van der Waals surface area contributed by atoms with Crippen molar-refractivity contribution in [2.24, 2.45) is 0 Å². The minimum atomic E-state index is -0.609. The van der Waals surface area contributed by atoms with Gasteiger partial charge < -0.3 is 9.64 Å². The van der Waals surface area contributed by atoms with Gasteiger partial charge in [-0.25, -0.2) is 0 Å². The Morgan fingerprint density at radius 3 is 2.71 bits per heavy atom. The third-order valence-electron chi connectivity index (χ3n) is 7.04. The average molecular weight is 472 g/mol. The second-order valence-electron chi connectivity index (χ2n) is 9.43. The Balaban J connectivity index is 1.08. The zero-order chi connectivity index (χ0) is 23.9. The highest BCUT2D eigenvalue weighted by Gasteiger charge is 2.39. The maximum absolute atomic E-state index is 12.9. The van der Waals surface area contributed by atoms with Gasteiger partial charge in [-0.1, -0.05) is 12.1 Å². The van der Waals surface area contributed by atoms with Gasteiger partial charge in [0.2, 0.25) is 11.8 Å². The molecule has 9 nitrogen and oxygen atoms in total. The van der Waals surface area contributed by atoms with Crippen LogP contribution in [-0.2, 0) is 22.7 Å². The predicted octanol–water partition coefficient (Wildman–Crippen LogP) is 2.04. The van der Waals surface area contributed by atoms with Crippen LogP contribution in [0.5, 0.6) is 5.75 Å². The van der Waals surface area contributed by atoms with Crippen LogP contribution >= 0.6 is 0 Å². The van der Waals surface area contributed by atoms with E-state index < -0.39 is 11.9 Å². The number of aromatic nitrogens is 2. The molecule has 2 fully saturated rings. The molecule has 1 aromatic heterocycles. The molecular weight excluding hydrogens is 446 g/mol. The van der Waals surface area contributed by atoms with E-state index in [0.717, 1.165) is 48.1 Å². The third kappa shape index (κ3) is 4.23. The average Bonchev–Trinajstić information content (AvgIpc) is 3.42. The van der Waals surface area contributed by atoms with Crippen molar-refractivity contribution < 1.29 is 19.1 Å². The predicted molar refractivity (Wildman–Crippen MR) is 126 cm³/mol. The molecule has 3 aromatic rings. The molecule has 3 amide bonds. The van der Waals surface area contributed by atoms with E-state index in [1.807, 2.05) is 12.1 Å². The Morgan fingerprint density at radius 1 is 1.00 bits per heavy atom. The van der Waals surface area contributed by atoms with Gasteiger partial charge in [0.25, 0.3) is 5.91 Å². The third-order valence-corrected chi connectivity index (χ3v) is 7.04. The molecule has 1 unspecified atom stereocenters. The van der Waals surface area contributed by atoms with E-state index in [1.165, 1.54) is 5.56 Å². The number of imide groups is 1. The van der Waals surface area contributed by atoms with E-state index in [0.29, 0.717) is 18.5 Å². The molecule has 0 radical (unpaired) electrons. The van der Waals surface area contributed by atoms with Crippen molar-refractivity contribution in [3.63, 3.8) is 0 Å². The van der Waals surface area contributed by atoms with Crippen molar-refractivity contribution in [2.45, 2.75) is 44.5 Å². The maximum Gasteiger partial charge on any atom is 0.255 e. The van der Waals surface area contributed by atoms with Gasteiger partial charge in [0, 0.05) is 48.9 Å². The summed E-state index contributed by atoms with van der Waals surface area (Å²) in [5.41, 5.74) is 2.68. The molecule has 2 aromatic carbocycles. The maximum atomic E-state index is 12.9. The number of benzene rings is 2. The van der Waals surface area contributed by atoms with Crippen molar-refractivity contribution in [1.82, 2.24) is 25.3 Å². The van der Waals surface area contributed by atoms with Gasteiger partial charge >= 0.3 is 0 Å². The van der Waals surface area contributed by atoms with Gasteiger partial charge in [0.1, 0.15) is 17.9 Å². The molecule has 178 valence electrons. The Bertz CT molecular complexity index is 1340. The SMILES string of the molecule is O=C1CCC(N2Cc3cc(O[C@H]4CCN(Cc5ccc6cnncc6c5)C4)ccc3C2=O)C(=O)N1. The molecule has 0 spiro atoms. The molecule has 3 aliphatic heterocycles. The number of ether oxygens (including phenoxy) is 1. The van der Waals surface area contributed by atoms with Crippen LogP contribution in [0.4, 0.5) is 0 Å². The summed E-state index contributed by atoms with van der Waals surface area (Å²) < 4.78 is 6.28. The lowest BCUT2D eigenvalue weighted by Gasteiger charge is -2.29. The smallest absolute Gasteiger partial charge is 0.255 e. The first-order valence-electron chi connectivity index (χ1n) is 11.9. The van der Waals surface area contributed by atoms with Crippen LogP contribution < -0.4 is 10.1 Å². The molecule has 9 heteroatoms. The number of hydrogen-bond acceptors (Lipinski definition) is 7. The fraction of sp³-hybridized carbons (Fsp3) is 0.346. The van der Waals surface area contributed by atoms with Gasteiger partial charge in [-0.15, -0.1) is 0 Å². The summed E-state index contributed by atoms with van der Waals surface area (Å²) in [6, 6.07) is 11.3. The number of hydrogen-bond donors (Lipinski definition) is 1. The lowest BCUT2D eigenvalue weighted by atomic mass is 10.0. The van der Waals surface area contributed by atoms with Crippen molar-refractivity contribution in [1.29, 1.82) is 0 Å². The van der Waals surface area contributed by atoms with Gasteiger partial charge in [0.15, 0.2) is 0 Å². The Hall–Kier alpha value is -3.85. The minimum Gasteiger partial charge on any atom is -0.489 e. The van der Waals surface area contributed by atoms with Crippen molar-refractivity contribution in [2.75, 3.05) is 13.1 Å². The highest BCUT2D eigenvalue weighted by atomic mass is 16.5. The summed E-state index contributed by atoms with van der Waals surface area (Å²) in [6.07, 6.45) is 5.16. The molecule has 3 aliphatic rings. The first-order valence-corrected chi connectivity index (χ1v) is 11.9. The molecular formula is C26H25N5O4. The summed E-state index contributed by atoms with van der Waals surface area (Å²) in [4.78, 5) is 40.5. The molecule has 0 bridgehead atoms. The molecule has 0 aliphatic carbocycles. The van der Waals surface area contributed by atoms with Gasteiger partial charge in [-0.05, 0) is 48.2 Å². The number of carbonyl (C=O) groups is 3. The van der Waals surface area contributed by atoms with Crippen LogP contribution in [0.1, 0.15) is 40.7 Å². The summed E-state index contributed by atoms with van der Waals surface area (Å²) in [5.74, 6) is -0.122. The van der Waals surface area contributed by atoms with E-state index in [9.17, 15) is 14.4 Å². The zero-order valence-electron chi connectivity index (χ0n) is 19.1. The first kappa shape index (κ1) is 21.7. The van der Waals surface area contributed by atoms with Crippen molar-refractivity contribution >= 4 is 28.5 Å². The second kappa shape index (κ2) is 8.74. The van der Waals surface area contributed by atoms with Crippen LogP contribution in [0.15, 0.2) is 48.8 Å². The van der Waals surface area contributed by atoms with Gasteiger partial charge in [-0.3, -0.25) is 24.6 Å². The summed E-state index contributed by atoms with van der Waals surface area (Å²) in [6.45, 7) is 2.97. The monoisotopic (exact) mass is 471 g/mol. The lowest BCUT2D eigenvalue weighted by molar-refractivity contribution is -0.136. The van der Waals surface area contributed by atoms with Crippen LogP contribution in [0.3, 0.4) is 0 Å². The quantitative estimate of drug-likeness (QED) is 0.568. The number of nitrogens with zero attached hydrogens (tertiary/aromatic N) is 4. The van der Waals surface area contributed by atoms with Crippen molar-refractivity contribution in [3.8, 4) is 5.75 Å². The number of fused-ring (bicyclic) bond motifs is 2. The largest absolute Gasteiger partial charge is 0.489 e. The standard InChI is InChI=1S/C26H25N5O4/c32-24-6-5-23(25(33)29-24)31-14-19-10-20(3-4-22(19)26(31)34)35-21-7-8-30(15-21)13-16-1-2-17-11-27-28-12-18(17)9-16/h1-4,9-12,21,23H,5-8,13-15H2,(H,29,32,33)/t21-,23?/m0/s1. The van der Waals surface area contributed by atoms with E-state index >= 15 is 0 Å². The number of nitrogens with one attached hydrogen (secondary N) is 1. The van der Waals surface area contributed by atoms with Gasteiger partial charge in [0.05, 0.1) is 12.4 Å². The summed E-state index contributed by atoms with van der Waals surface area (Å²) in [5, 5.41) is 12.4. The van der Waals surface area contributed by atoms with Crippen LogP contribution in [0.2, 0.25) is 0 Å². The number of amides is 3.